The third kappa shape index (κ3) is 3.83. The monoisotopic (exact) mass is 192 g/mol. The highest BCUT2D eigenvalue weighted by molar-refractivity contribution is 5.31. The number of allylic oxidation sites excluding steroid dienone is 3. The molecule has 1 nitrogen and oxygen atoms in total. The molecule has 0 bridgehead atoms. The minimum atomic E-state index is -4.42. The quantitative estimate of drug-likeness (QED) is 0.492. The lowest BCUT2D eigenvalue weighted by atomic mass is 10.2. The molecule has 0 aliphatic heterocycles. The van der Waals surface area contributed by atoms with Crippen LogP contribution in [0.2, 0.25) is 0 Å². The van der Waals surface area contributed by atoms with Crippen molar-refractivity contribution in [3.05, 3.63) is 36.1 Å². The predicted octanol–water partition coefficient (Wildman–Crippen LogP) is 3.21. The number of methoxy groups -OCH3 is 1. The average Bonchev–Trinajstić information content (AvgIpc) is 1.96. The molecule has 0 aliphatic carbocycles. The summed E-state index contributed by atoms with van der Waals surface area (Å²) in [6.45, 7) is 7.89. The molecule has 0 radical (unpaired) electrons. The minimum absolute atomic E-state index is 0.0855. The van der Waals surface area contributed by atoms with Crippen molar-refractivity contribution in [2.75, 3.05) is 7.11 Å². The Kier molecular flexibility index (Phi) is 3.78. The van der Waals surface area contributed by atoms with Gasteiger partial charge in [-0.15, -0.1) is 0 Å². The number of hydrogen-bond donors (Lipinski definition) is 0. The molecule has 0 fully saturated rings. The Morgan fingerprint density at radius 2 is 1.77 bits per heavy atom. The van der Waals surface area contributed by atoms with Crippen LogP contribution in [-0.2, 0) is 4.74 Å². The summed E-state index contributed by atoms with van der Waals surface area (Å²) < 4.78 is 40.6. The van der Waals surface area contributed by atoms with Crippen LogP contribution in [0.1, 0.15) is 6.92 Å². The smallest absolute Gasteiger partial charge is 0.415 e. The summed E-state index contributed by atoms with van der Waals surface area (Å²) in [5.74, 6) is 0.0855. The van der Waals surface area contributed by atoms with Gasteiger partial charge in [0.2, 0.25) is 0 Å². The Hall–Kier alpha value is -1.19. The number of hydrogen-bond acceptors (Lipinski definition) is 1. The Bertz CT molecular complexity index is 248. The lowest BCUT2D eigenvalue weighted by Gasteiger charge is -2.09. The molecule has 0 aromatic heterocycles. The molecule has 0 aromatic rings. The molecule has 0 heterocycles. The zero-order valence-electron chi connectivity index (χ0n) is 7.53. The van der Waals surface area contributed by atoms with Crippen molar-refractivity contribution >= 4 is 0 Å². The van der Waals surface area contributed by atoms with E-state index in [2.05, 4.69) is 17.9 Å². The Labute approximate surface area is 75.2 Å². The van der Waals surface area contributed by atoms with Crippen LogP contribution in [0.4, 0.5) is 13.2 Å². The lowest BCUT2D eigenvalue weighted by molar-refractivity contribution is -0.0880. The van der Waals surface area contributed by atoms with E-state index in [1.165, 1.54) is 7.11 Å². The summed E-state index contributed by atoms with van der Waals surface area (Å²) in [5, 5.41) is 0. The van der Waals surface area contributed by atoms with Gasteiger partial charge < -0.3 is 4.74 Å². The van der Waals surface area contributed by atoms with Gasteiger partial charge in [-0.25, -0.2) is 0 Å². The second-order valence-electron chi connectivity index (χ2n) is 2.52. The molecule has 0 aliphatic rings. The van der Waals surface area contributed by atoms with Gasteiger partial charge in [-0.1, -0.05) is 13.2 Å². The highest BCUT2D eigenvalue weighted by atomic mass is 19.4. The number of ether oxygens (including phenoxy) is 1. The highest BCUT2D eigenvalue weighted by Gasteiger charge is 2.30. The van der Waals surface area contributed by atoms with Crippen molar-refractivity contribution in [1.29, 1.82) is 0 Å². The molecule has 4 heteroatoms. The number of rotatable bonds is 3. The van der Waals surface area contributed by atoms with E-state index < -0.39 is 11.7 Å². The number of alkyl halides is 3. The second kappa shape index (κ2) is 4.16. The normalized spacial score (nSPS) is 12.5. The van der Waals surface area contributed by atoms with Gasteiger partial charge in [-0.2, -0.15) is 13.2 Å². The minimum Gasteiger partial charge on any atom is -0.496 e. The number of halogens is 3. The van der Waals surface area contributed by atoms with E-state index in [-0.39, 0.29) is 5.76 Å². The first-order valence-corrected chi connectivity index (χ1v) is 3.46. The van der Waals surface area contributed by atoms with E-state index in [1.807, 2.05) is 0 Å². The van der Waals surface area contributed by atoms with Crippen molar-refractivity contribution in [2.24, 2.45) is 0 Å². The molecular formula is C9H11F3O. The molecule has 74 valence electrons. The summed E-state index contributed by atoms with van der Waals surface area (Å²) in [5.41, 5.74) is -0.528. The first-order valence-electron chi connectivity index (χ1n) is 3.46. The zero-order valence-corrected chi connectivity index (χ0v) is 7.53. The van der Waals surface area contributed by atoms with Gasteiger partial charge in [0.15, 0.2) is 0 Å². The fourth-order valence-electron chi connectivity index (χ4n) is 0.596. The fourth-order valence-corrected chi connectivity index (χ4v) is 0.596. The van der Waals surface area contributed by atoms with E-state index in [0.717, 1.165) is 6.08 Å². The molecular weight excluding hydrogens is 181 g/mol. The van der Waals surface area contributed by atoms with E-state index in [9.17, 15) is 13.2 Å². The van der Waals surface area contributed by atoms with Crippen LogP contribution in [0.3, 0.4) is 0 Å². The summed E-state index contributed by atoms with van der Waals surface area (Å²) in [6, 6.07) is 0. The van der Waals surface area contributed by atoms with E-state index in [0.29, 0.717) is 5.57 Å². The second-order valence-corrected chi connectivity index (χ2v) is 2.52. The van der Waals surface area contributed by atoms with Crippen LogP contribution in [-0.4, -0.2) is 13.3 Å². The van der Waals surface area contributed by atoms with Gasteiger partial charge in [-0.3, -0.25) is 0 Å². The Morgan fingerprint density at radius 1 is 1.31 bits per heavy atom. The van der Waals surface area contributed by atoms with Gasteiger partial charge in [0.25, 0.3) is 0 Å². The summed E-state index contributed by atoms with van der Waals surface area (Å²) in [4.78, 5) is 0. The van der Waals surface area contributed by atoms with Crippen LogP contribution in [0, 0.1) is 0 Å². The Morgan fingerprint density at radius 3 is 2.00 bits per heavy atom. The molecule has 0 saturated carbocycles. The maximum absolute atomic E-state index is 12.0. The topological polar surface area (TPSA) is 9.23 Å². The predicted molar refractivity (Wildman–Crippen MR) is 45.1 cm³/mol. The van der Waals surface area contributed by atoms with Crippen molar-refractivity contribution in [2.45, 2.75) is 13.1 Å². The third-order valence-corrected chi connectivity index (χ3v) is 1.31. The average molecular weight is 192 g/mol. The van der Waals surface area contributed by atoms with Gasteiger partial charge in [0, 0.05) is 0 Å². The maximum Gasteiger partial charge on any atom is 0.415 e. The molecule has 0 rings (SSSR count). The standard InChI is InChI=1S/C9H11F3O/c1-6(2)8(13-4)5-7(3)9(10,11)12/h5H,1,3H2,2,4H3/b8-5+. The zero-order chi connectivity index (χ0) is 10.6. The van der Waals surface area contributed by atoms with E-state index >= 15 is 0 Å². The van der Waals surface area contributed by atoms with Gasteiger partial charge in [-0.05, 0) is 18.6 Å². The van der Waals surface area contributed by atoms with Crippen molar-refractivity contribution in [3.63, 3.8) is 0 Å². The lowest BCUT2D eigenvalue weighted by Crippen LogP contribution is -2.09. The van der Waals surface area contributed by atoms with Crippen molar-refractivity contribution in [3.8, 4) is 0 Å². The van der Waals surface area contributed by atoms with Crippen LogP contribution in [0.15, 0.2) is 36.1 Å². The first-order chi connectivity index (χ1) is 5.79. The highest BCUT2D eigenvalue weighted by Crippen LogP contribution is 2.26. The molecule has 0 saturated heterocycles. The third-order valence-electron chi connectivity index (χ3n) is 1.31. The van der Waals surface area contributed by atoms with Crippen LogP contribution >= 0.6 is 0 Å². The van der Waals surface area contributed by atoms with Gasteiger partial charge in [0.05, 0.1) is 12.7 Å². The van der Waals surface area contributed by atoms with Crippen molar-refractivity contribution < 1.29 is 17.9 Å². The molecule has 0 spiro atoms. The SMILES string of the molecule is C=C(C)/C(=C\C(=C)C(F)(F)F)OC. The molecule has 0 N–H and O–H groups in total. The summed E-state index contributed by atoms with van der Waals surface area (Å²) in [7, 11) is 1.28. The van der Waals surface area contributed by atoms with E-state index in [1.54, 1.807) is 6.92 Å². The maximum atomic E-state index is 12.0. The van der Waals surface area contributed by atoms with Crippen molar-refractivity contribution in [1.82, 2.24) is 0 Å². The Balaban J connectivity index is 4.73. The molecule has 13 heavy (non-hydrogen) atoms. The molecule has 0 unspecified atom stereocenters. The fraction of sp³-hybridized carbons (Fsp3) is 0.333. The van der Waals surface area contributed by atoms with Gasteiger partial charge >= 0.3 is 6.18 Å². The molecule has 0 atom stereocenters. The van der Waals surface area contributed by atoms with Gasteiger partial charge in [0.1, 0.15) is 5.76 Å². The molecule has 0 aromatic carbocycles. The summed E-state index contributed by atoms with van der Waals surface area (Å²) >= 11 is 0. The largest absolute Gasteiger partial charge is 0.496 e. The van der Waals surface area contributed by atoms with Crippen LogP contribution < -0.4 is 0 Å². The van der Waals surface area contributed by atoms with E-state index in [4.69, 9.17) is 0 Å². The summed E-state index contributed by atoms with van der Waals surface area (Å²) in [6.07, 6.45) is -3.60. The van der Waals surface area contributed by atoms with Crippen LogP contribution in [0.5, 0.6) is 0 Å². The molecule has 0 amide bonds. The van der Waals surface area contributed by atoms with Crippen LogP contribution in [0.25, 0.3) is 0 Å². The first kappa shape index (κ1) is 11.8.